The number of nitrogens with zero attached hydrogens (tertiary/aromatic N) is 1. The second-order valence-corrected chi connectivity index (χ2v) is 10.4. The highest BCUT2D eigenvalue weighted by Gasteiger charge is 2.33. The van der Waals surface area contributed by atoms with Crippen LogP contribution >= 0.6 is 11.3 Å². The Bertz CT molecular complexity index is 1090. The molecule has 144 valence electrons. The van der Waals surface area contributed by atoms with Gasteiger partial charge in [0.2, 0.25) is 0 Å². The minimum Gasteiger partial charge on any atom is -0.337 e. The standard InChI is InChI=1S/C22H21NO3S2/c1-23(19-13-14-28(25,26)15-19)22(24)21-12-11-20(27-21)18-9-7-17(8-10-18)16-5-3-2-4-6-16/h2-12,19H,13-15H2,1H3/t19-/m1/s1. The van der Waals surface area contributed by atoms with E-state index >= 15 is 0 Å². The van der Waals surface area contributed by atoms with Crippen LogP contribution < -0.4 is 0 Å². The summed E-state index contributed by atoms with van der Waals surface area (Å²) < 4.78 is 23.4. The van der Waals surface area contributed by atoms with Crippen molar-refractivity contribution in [1.82, 2.24) is 4.90 Å². The molecule has 1 saturated heterocycles. The van der Waals surface area contributed by atoms with E-state index in [1.807, 2.05) is 30.3 Å². The van der Waals surface area contributed by atoms with Crippen LogP contribution in [0, 0.1) is 0 Å². The molecule has 0 saturated carbocycles. The molecule has 0 spiro atoms. The van der Waals surface area contributed by atoms with E-state index in [9.17, 15) is 13.2 Å². The number of benzene rings is 2. The lowest BCUT2D eigenvalue weighted by molar-refractivity contribution is 0.0752. The van der Waals surface area contributed by atoms with Gasteiger partial charge in [0.1, 0.15) is 0 Å². The molecule has 2 heterocycles. The number of rotatable bonds is 4. The maximum absolute atomic E-state index is 12.8. The van der Waals surface area contributed by atoms with Crippen molar-refractivity contribution in [3.63, 3.8) is 0 Å². The summed E-state index contributed by atoms with van der Waals surface area (Å²) in [6.07, 6.45) is 0.518. The third-order valence-corrected chi connectivity index (χ3v) is 8.04. The predicted molar refractivity (Wildman–Crippen MR) is 114 cm³/mol. The van der Waals surface area contributed by atoms with Crippen LogP contribution in [0.4, 0.5) is 0 Å². The Hall–Kier alpha value is -2.44. The van der Waals surface area contributed by atoms with E-state index in [1.165, 1.54) is 16.9 Å². The highest BCUT2D eigenvalue weighted by Crippen LogP contribution is 2.31. The summed E-state index contributed by atoms with van der Waals surface area (Å²) in [4.78, 5) is 16.0. The first-order valence-electron chi connectivity index (χ1n) is 9.16. The first-order valence-corrected chi connectivity index (χ1v) is 11.8. The van der Waals surface area contributed by atoms with Crippen LogP contribution in [0.3, 0.4) is 0 Å². The second kappa shape index (κ2) is 7.53. The average Bonchev–Trinajstić information content (AvgIpc) is 3.34. The van der Waals surface area contributed by atoms with Crippen molar-refractivity contribution in [3.05, 3.63) is 71.6 Å². The predicted octanol–water partition coefficient (Wildman–Crippen LogP) is 4.34. The summed E-state index contributed by atoms with van der Waals surface area (Å²) >= 11 is 1.44. The Morgan fingerprint density at radius 3 is 2.21 bits per heavy atom. The van der Waals surface area contributed by atoms with Gasteiger partial charge in [0.15, 0.2) is 9.84 Å². The molecule has 6 heteroatoms. The summed E-state index contributed by atoms with van der Waals surface area (Å²) in [5.74, 6) is 0.118. The van der Waals surface area contributed by atoms with Crippen molar-refractivity contribution in [2.45, 2.75) is 12.5 Å². The van der Waals surface area contributed by atoms with Crippen LogP contribution in [0.2, 0.25) is 0 Å². The fourth-order valence-electron chi connectivity index (χ4n) is 3.49. The van der Waals surface area contributed by atoms with Crippen LogP contribution in [0.15, 0.2) is 66.7 Å². The second-order valence-electron chi connectivity index (χ2n) is 7.08. The molecular weight excluding hydrogens is 390 g/mol. The first-order chi connectivity index (χ1) is 13.4. The van der Waals surface area contributed by atoms with E-state index in [1.54, 1.807) is 11.9 Å². The molecule has 0 unspecified atom stereocenters. The molecule has 1 amide bonds. The maximum atomic E-state index is 12.8. The minimum absolute atomic E-state index is 0.0639. The Morgan fingerprint density at radius 1 is 0.929 bits per heavy atom. The van der Waals surface area contributed by atoms with Crippen molar-refractivity contribution in [2.24, 2.45) is 0 Å². The Balaban J connectivity index is 1.50. The number of hydrogen-bond acceptors (Lipinski definition) is 4. The van der Waals surface area contributed by atoms with Crippen molar-refractivity contribution >= 4 is 27.1 Å². The number of carbonyl (C=O) groups excluding carboxylic acids is 1. The quantitative estimate of drug-likeness (QED) is 0.642. The summed E-state index contributed by atoms with van der Waals surface area (Å²) in [7, 11) is -1.32. The molecule has 1 atom stereocenters. The van der Waals surface area contributed by atoms with Gasteiger partial charge >= 0.3 is 0 Å². The monoisotopic (exact) mass is 411 g/mol. The van der Waals surface area contributed by atoms with E-state index in [0.717, 1.165) is 16.0 Å². The molecule has 1 fully saturated rings. The molecule has 1 aliphatic rings. The fraction of sp³-hybridized carbons (Fsp3) is 0.227. The van der Waals surface area contributed by atoms with Crippen LogP contribution in [-0.4, -0.2) is 43.8 Å². The van der Waals surface area contributed by atoms with E-state index < -0.39 is 9.84 Å². The lowest BCUT2D eigenvalue weighted by atomic mass is 10.0. The van der Waals surface area contributed by atoms with Gasteiger partial charge in [0.05, 0.1) is 16.4 Å². The van der Waals surface area contributed by atoms with Crippen LogP contribution in [0.1, 0.15) is 16.1 Å². The number of carbonyl (C=O) groups is 1. The molecule has 0 aliphatic carbocycles. The average molecular weight is 412 g/mol. The Kier molecular flexibility index (Phi) is 5.08. The van der Waals surface area contributed by atoms with Crippen molar-refractivity contribution in [3.8, 4) is 21.6 Å². The van der Waals surface area contributed by atoms with Crippen molar-refractivity contribution < 1.29 is 13.2 Å². The van der Waals surface area contributed by atoms with Crippen LogP contribution in [-0.2, 0) is 9.84 Å². The highest BCUT2D eigenvalue weighted by molar-refractivity contribution is 7.91. The van der Waals surface area contributed by atoms with Gasteiger partial charge in [0, 0.05) is 18.0 Å². The van der Waals surface area contributed by atoms with Gasteiger partial charge in [-0.05, 0) is 35.2 Å². The summed E-state index contributed by atoms with van der Waals surface area (Å²) in [6, 6.07) is 22.1. The topological polar surface area (TPSA) is 54.5 Å². The third kappa shape index (κ3) is 3.88. The van der Waals surface area contributed by atoms with Gasteiger partial charge in [-0.25, -0.2) is 8.42 Å². The molecule has 2 aromatic carbocycles. The number of sulfone groups is 1. The molecule has 3 aromatic rings. The number of thiophene rings is 1. The summed E-state index contributed by atoms with van der Waals surface area (Å²) in [5, 5.41) is 0. The largest absolute Gasteiger partial charge is 0.337 e. The molecular formula is C22H21NO3S2. The zero-order valence-corrected chi connectivity index (χ0v) is 17.2. The first kappa shape index (κ1) is 18.9. The van der Waals surface area contributed by atoms with E-state index in [-0.39, 0.29) is 23.5 Å². The van der Waals surface area contributed by atoms with Gasteiger partial charge in [-0.2, -0.15) is 0 Å². The van der Waals surface area contributed by atoms with E-state index in [2.05, 4.69) is 36.4 Å². The molecule has 0 bridgehead atoms. The summed E-state index contributed by atoms with van der Waals surface area (Å²) in [5.41, 5.74) is 3.39. The Labute approximate surface area is 169 Å². The van der Waals surface area contributed by atoms with E-state index in [0.29, 0.717) is 11.3 Å². The molecule has 0 N–H and O–H groups in total. The normalized spacial score (nSPS) is 18.1. The van der Waals surface area contributed by atoms with Crippen LogP contribution in [0.5, 0.6) is 0 Å². The lowest BCUT2D eigenvalue weighted by Gasteiger charge is -2.22. The van der Waals surface area contributed by atoms with Gasteiger partial charge < -0.3 is 4.90 Å². The highest BCUT2D eigenvalue weighted by atomic mass is 32.2. The molecule has 4 nitrogen and oxygen atoms in total. The smallest absolute Gasteiger partial charge is 0.263 e. The van der Waals surface area contributed by atoms with Crippen molar-refractivity contribution in [1.29, 1.82) is 0 Å². The lowest BCUT2D eigenvalue weighted by Crippen LogP contribution is -2.37. The molecule has 28 heavy (non-hydrogen) atoms. The van der Waals surface area contributed by atoms with Gasteiger partial charge in [0.25, 0.3) is 5.91 Å². The zero-order valence-electron chi connectivity index (χ0n) is 15.5. The third-order valence-electron chi connectivity index (χ3n) is 5.17. The maximum Gasteiger partial charge on any atom is 0.263 e. The van der Waals surface area contributed by atoms with Crippen molar-refractivity contribution in [2.75, 3.05) is 18.6 Å². The van der Waals surface area contributed by atoms with Crippen LogP contribution in [0.25, 0.3) is 21.6 Å². The SMILES string of the molecule is CN(C(=O)c1ccc(-c2ccc(-c3ccccc3)cc2)s1)[C@@H]1CCS(=O)(=O)C1. The zero-order chi connectivity index (χ0) is 19.7. The van der Waals surface area contributed by atoms with E-state index in [4.69, 9.17) is 0 Å². The van der Waals surface area contributed by atoms with Gasteiger partial charge in [-0.1, -0.05) is 54.6 Å². The Morgan fingerprint density at radius 2 is 1.57 bits per heavy atom. The molecule has 0 radical (unpaired) electrons. The summed E-state index contributed by atoms with van der Waals surface area (Å²) in [6.45, 7) is 0. The minimum atomic E-state index is -3.01. The fourth-order valence-corrected chi connectivity index (χ4v) is 6.25. The molecule has 1 aromatic heterocycles. The van der Waals surface area contributed by atoms with Gasteiger partial charge in [-0.3, -0.25) is 4.79 Å². The molecule has 4 rings (SSSR count). The molecule has 1 aliphatic heterocycles. The number of amides is 1. The van der Waals surface area contributed by atoms with Gasteiger partial charge in [-0.15, -0.1) is 11.3 Å². The number of hydrogen-bond donors (Lipinski definition) is 0.